The molecule has 0 unspecified atom stereocenters. The van der Waals surface area contributed by atoms with Crippen molar-refractivity contribution in [2.24, 2.45) is 5.92 Å². The highest BCUT2D eigenvalue weighted by Crippen LogP contribution is 2.38. The summed E-state index contributed by atoms with van der Waals surface area (Å²) in [6, 6.07) is 6.82. The molecule has 2 aromatic rings. The zero-order valence-corrected chi connectivity index (χ0v) is 17.2. The maximum Gasteiger partial charge on any atom is 0.257 e. The van der Waals surface area contributed by atoms with Gasteiger partial charge in [0, 0.05) is 11.8 Å². The van der Waals surface area contributed by atoms with Crippen molar-refractivity contribution in [3.8, 4) is 23.0 Å². The van der Waals surface area contributed by atoms with Crippen molar-refractivity contribution in [1.82, 2.24) is 4.98 Å². The predicted molar refractivity (Wildman–Crippen MR) is 110 cm³/mol. The van der Waals surface area contributed by atoms with Crippen LogP contribution in [0.3, 0.4) is 0 Å². The number of ether oxygens (including phenoxy) is 4. The van der Waals surface area contributed by atoms with E-state index in [0.29, 0.717) is 46.9 Å². The number of pyridine rings is 1. The maximum atomic E-state index is 12.8. The smallest absolute Gasteiger partial charge is 0.257 e. The van der Waals surface area contributed by atoms with Gasteiger partial charge in [0.05, 0.1) is 27.9 Å². The summed E-state index contributed by atoms with van der Waals surface area (Å²) >= 11 is 0. The molecule has 0 spiro atoms. The molecule has 1 aromatic heterocycles. The molecule has 1 aliphatic carbocycles. The topological polar surface area (TPSA) is 78.9 Å². The first-order valence-electron chi connectivity index (χ1n) is 9.85. The first kappa shape index (κ1) is 20.8. The lowest BCUT2D eigenvalue weighted by molar-refractivity contribution is 0.102. The van der Waals surface area contributed by atoms with Crippen LogP contribution in [0.5, 0.6) is 23.0 Å². The molecule has 0 atom stereocenters. The van der Waals surface area contributed by atoms with Crippen LogP contribution in [0.1, 0.15) is 42.5 Å². The fraction of sp³-hybridized carbons (Fsp3) is 0.455. The zero-order valence-electron chi connectivity index (χ0n) is 17.2. The van der Waals surface area contributed by atoms with Gasteiger partial charge in [-0.05, 0) is 43.0 Å². The molecule has 7 heteroatoms. The Bertz CT molecular complexity index is 809. The molecular formula is C22H28N2O5. The first-order chi connectivity index (χ1) is 14.2. The van der Waals surface area contributed by atoms with Gasteiger partial charge in [-0.2, -0.15) is 0 Å². The number of hydrogen-bond acceptors (Lipinski definition) is 6. The molecule has 0 bridgehead atoms. The average Bonchev–Trinajstić information content (AvgIpc) is 2.78. The van der Waals surface area contributed by atoms with Gasteiger partial charge < -0.3 is 24.3 Å². The second-order valence-electron chi connectivity index (χ2n) is 7.03. The minimum Gasteiger partial charge on any atom is -0.493 e. The lowest BCUT2D eigenvalue weighted by atomic mass is 9.90. The minimum absolute atomic E-state index is 0.342. The molecule has 1 amide bonds. The number of hydrogen-bond donors (Lipinski definition) is 1. The number of methoxy groups -OCH3 is 3. The highest BCUT2D eigenvalue weighted by atomic mass is 16.5. The van der Waals surface area contributed by atoms with E-state index >= 15 is 0 Å². The van der Waals surface area contributed by atoms with Crippen LogP contribution in [0.2, 0.25) is 0 Å². The summed E-state index contributed by atoms with van der Waals surface area (Å²) in [5, 5.41) is 2.83. The molecule has 1 aromatic carbocycles. The van der Waals surface area contributed by atoms with Crippen LogP contribution in [0.15, 0.2) is 30.5 Å². The number of anilines is 1. The number of nitrogens with zero attached hydrogens (tertiary/aromatic N) is 1. The van der Waals surface area contributed by atoms with Gasteiger partial charge in [-0.25, -0.2) is 4.98 Å². The van der Waals surface area contributed by atoms with E-state index in [1.165, 1.54) is 53.4 Å². The summed E-state index contributed by atoms with van der Waals surface area (Å²) in [5.41, 5.74) is 0.364. The summed E-state index contributed by atoms with van der Waals surface area (Å²) in [6.45, 7) is 0.638. The Kier molecular flexibility index (Phi) is 7.16. The number of rotatable bonds is 8. The van der Waals surface area contributed by atoms with Gasteiger partial charge in [0.15, 0.2) is 23.1 Å². The summed E-state index contributed by atoms with van der Waals surface area (Å²) in [7, 11) is 4.54. The molecule has 0 saturated heterocycles. The van der Waals surface area contributed by atoms with Gasteiger partial charge in [0.1, 0.15) is 0 Å². The van der Waals surface area contributed by atoms with Crippen LogP contribution >= 0.6 is 0 Å². The number of aromatic nitrogens is 1. The first-order valence-corrected chi connectivity index (χ1v) is 9.85. The number of carbonyl (C=O) groups excluding carboxylic acids is 1. The molecule has 0 aliphatic heterocycles. The van der Waals surface area contributed by atoms with Crippen LogP contribution < -0.4 is 24.3 Å². The van der Waals surface area contributed by atoms with Crippen molar-refractivity contribution in [1.29, 1.82) is 0 Å². The van der Waals surface area contributed by atoms with Crippen LogP contribution in [0.4, 0.5) is 5.82 Å². The standard InChI is InChI=1S/C22H28N2O5/c1-26-18-12-16(13-19(27-2)20(18)28-3)22(25)24-21-17(10-7-11-23-21)29-14-15-8-5-4-6-9-15/h7,10-13,15H,4-6,8-9,14H2,1-3H3,(H,23,24,25). The summed E-state index contributed by atoms with van der Waals surface area (Å²) in [5.74, 6) is 2.42. The zero-order chi connectivity index (χ0) is 20.6. The molecule has 1 N–H and O–H groups in total. The van der Waals surface area contributed by atoms with Gasteiger partial charge in [0.25, 0.3) is 5.91 Å². The Labute approximate surface area is 171 Å². The van der Waals surface area contributed by atoms with E-state index in [2.05, 4.69) is 10.3 Å². The Morgan fingerprint density at radius 1 is 1.03 bits per heavy atom. The van der Waals surface area contributed by atoms with Crippen LogP contribution in [0, 0.1) is 5.92 Å². The molecule has 1 heterocycles. The lowest BCUT2D eigenvalue weighted by Crippen LogP contribution is -2.18. The van der Waals surface area contributed by atoms with Crippen molar-refractivity contribution in [2.45, 2.75) is 32.1 Å². The molecular weight excluding hydrogens is 372 g/mol. The molecule has 3 rings (SSSR count). The molecule has 1 saturated carbocycles. The fourth-order valence-corrected chi connectivity index (χ4v) is 3.55. The number of nitrogens with one attached hydrogen (secondary N) is 1. The fourth-order valence-electron chi connectivity index (χ4n) is 3.55. The van der Waals surface area contributed by atoms with Gasteiger partial charge in [-0.3, -0.25) is 4.79 Å². The normalized spacial score (nSPS) is 14.2. The van der Waals surface area contributed by atoms with Gasteiger partial charge in [0.2, 0.25) is 5.75 Å². The van der Waals surface area contributed by atoms with E-state index < -0.39 is 0 Å². The highest BCUT2D eigenvalue weighted by molar-refractivity contribution is 6.05. The van der Waals surface area contributed by atoms with E-state index in [-0.39, 0.29) is 5.91 Å². The molecule has 156 valence electrons. The van der Waals surface area contributed by atoms with Crippen molar-refractivity contribution < 1.29 is 23.7 Å². The van der Waals surface area contributed by atoms with E-state index in [9.17, 15) is 4.79 Å². The second-order valence-corrected chi connectivity index (χ2v) is 7.03. The van der Waals surface area contributed by atoms with Gasteiger partial charge >= 0.3 is 0 Å². The largest absolute Gasteiger partial charge is 0.493 e. The van der Waals surface area contributed by atoms with Crippen molar-refractivity contribution in [3.63, 3.8) is 0 Å². The lowest BCUT2D eigenvalue weighted by Gasteiger charge is -2.22. The molecule has 29 heavy (non-hydrogen) atoms. The third kappa shape index (κ3) is 5.10. The van der Waals surface area contributed by atoms with Gasteiger partial charge in [-0.1, -0.05) is 19.3 Å². The summed E-state index contributed by atoms with van der Waals surface area (Å²) in [4.78, 5) is 17.1. The van der Waals surface area contributed by atoms with Crippen molar-refractivity contribution in [2.75, 3.05) is 33.3 Å². The second kappa shape index (κ2) is 10.0. The maximum absolute atomic E-state index is 12.8. The summed E-state index contributed by atoms with van der Waals surface area (Å²) < 4.78 is 21.9. The Morgan fingerprint density at radius 2 is 1.72 bits per heavy atom. The van der Waals surface area contributed by atoms with Crippen LogP contribution in [-0.2, 0) is 0 Å². The quantitative estimate of drug-likeness (QED) is 0.711. The summed E-state index contributed by atoms with van der Waals surface area (Å²) in [6.07, 6.45) is 7.82. The Hall–Kier alpha value is -2.96. The number of amides is 1. The number of benzene rings is 1. The third-order valence-electron chi connectivity index (χ3n) is 5.13. The molecule has 1 aliphatic rings. The molecule has 1 fully saturated rings. The predicted octanol–water partition coefficient (Wildman–Crippen LogP) is 4.32. The van der Waals surface area contributed by atoms with Crippen molar-refractivity contribution in [3.05, 3.63) is 36.0 Å². The highest BCUT2D eigenvalue weighted by Gasteiger charge is 2.19. The molecule has 7 nitrogen and oxygen atoms in total. The van der Waals surface area contributed by atoms with E-state index in [1.54, 1.807) is 24.4 Å². The van der Waals surface area contributed by atoms with E-state index in [0.717, 1.165) is 0 Å². The van der Waals surface area contributed by atoms with Gasteiger partial charge in [-0.15, -0.1) is 0 Å². The third-order valence-corrected chi connectivity index (χ3v) is 5.13. The average molecular weight is 400 g/mol. The van der Waals surface area contributed by atoms with Crippen LogP contribution in [-0.4, -0.2) is 38.8 Å². The van der Waals surface area contributed by atoms with E-state index in [4.69, 9.17) is 18.9 Å². The van der Waals surface area contributed by atoms with Crippen LogP contribution in [0.25, 0.3) is 0 Å². The van der Waals surface area contributed by atoms with Crippen molar-refractivity contribution >= 4 is 11.7 Å². The minimum atomic E-state index is -0.342. The Morgan fingerprint density at radius 3 is 2.34 bits per heavy atom. The van der Waals surface area contributed by atoms with E-state index in [1.807, 2.05) is 6.07 Å². The Balaban J connectivity index is 1.75. The SMILES string of the molecule is COc1cc(C(=O)Nc2ncccc2OCC2CCCCC2)cc(OC)c1OC. The molecule has 0 radical (unpaired) electrons. The number of carbonyl (C=O) groups is 1. The monoisotopic (exact) mass is 400 g/mol.